The van der Waals surface area contributed by atoms with E-state index in [-0.39, 0.29) is 6.61 Å². The highest BCUT2D eigenvalue weighted by molar-refractivity contribution is 7.99. The monoisotopic (exact) mass is 269 g/mol. The summed E-state index contributed by atoms with van der Waals surface area (Å²) in [5.41, 5.74) is 2.61. The Bertz CT molecular complexity index is 345. The summed E-state index contributed by atoms with van der Waals surface area (Å²) in [4.78, 5) is 1.30. The Kier molecular flexibility index (Phi) is 8.09. The SMILES string of the molecule is COCCNCc1cc(C)ccc1SCCCO. The van der Waals surface area contributed by atoms with Crippen molar-refractivity contribution < 1.29 is 9.84 Å². The molecule has 0 aliphatic heterocycles. The smallest absolute Gasteiger partial charge is 0.0587 e. The van der Waals surface area contributed by atoms with Crippen LogP contribution in [-0.4, -0.2) is 37.7 Å². The Balaban J connectivity index is 2.53. The van der Waals surface area contributed by atoms with Gasteiger partial charge in [-0.1, -0.05) is 17.7 Å². The van der Waals surface area contributed by atoms with Crippen LogP contribution in [0, 0.1) is 6.92 Å². The summed E-state index contributed by atoms with van der Waals surface area (Å²) in [6.45, 7) is 4.84. The number of ether oxygens (including phenoxy) is 1. The number of aryl methyl sites for hydroxylation is 1. The van der Waals surface area contributed by atoms with Crippen LogP contribution in [0.25, 0.3) is 0 Å². The predicted octanol–water partition coefficient (Wildman–Crippen LogP) is 2.21. The second kappa shape index (κ2) is 9.39. The highest BCUT2D eigenvalue weighted by Gasteiger charge is 2.03. The maximum absolute atomic E-state index is 8.82. The van der Waals surface area contributed by atoms with Crippen molar-refractivity contribution in [3.05, 3.63) is 29.3 Å². The second-order valence-electron chi connectivity index (χ2n) is 4.21. The molecule has 0 atom stereocenters. The number of aliphatic hydroxyl groups is 1. The summed E-state index contributed by atoms with van der Waals surface area (Å²) in [7, 11) is 1.71. The van der Waals surface area contributed by atoms with Crippen LogP contribution in [0.3, 0.4) is 0 Å². The zero-order chi connectivity index (χ0) is 13.2. The molecule has 0 spiro atoms. The maximum atomic E-state index is 8.82. The summed E-state index contributed by atoms with van der Waals surface area (Å²) in [6.07, 6.45) is 0.842. The minimum atomic E-state index is 0.264. The Hall–Kier alpha value is -0.550. The average molecular weight is 269 g/mol. The van der Waals surface area contributed by atoms with Crippen LogP contribution < -0.4 is 5.32 Å². The number of aliphatic hydroxyl groups excluding tert-OH is 1. The summed E-state index contributed by atoms with van der Waals surface area (Å²) in [5, 5.41) is 12.2. The number of hydrogen-bond donors (Lipinski definition) is 2. The Morgan fingerprint density at radius 3 is 2.94 bits per heavy atom. The van der Waals surface area contributed by atoms with Gasteiger partial charge in [0, 0.05) is 37.5 Å². The maximum Gasteiger partial charge on any atom is 0.0587 e. The van der Waals surface area contributed by atoms with Gasteiger partial charge in [0.05, 0.1) is 6.61 Å². The standard InChI is InChI=1S/C14H23NO2S/c1-12-4-5-14(18-9-3-7-16)13(10-12)11-15-6-8-17-2/h4-5,10,15-16H,3,6-9,11H2,1-2H3. The van der Waals surface area contributed by atoms with E-state index in [1.54, 1.807) is 7.11 Å². The molecule has 3 nitrogen and oxygen atoms in total. The molecule has 0 unspecified atom stereocenters. The Morgan fingerprint density at radius 2 is 2.22 bits per heavy atom. The van der Waals surface area contributed by atoms with Gasteiger partial charge in [0.25, 0.3) is 0 Å². The van der Waals surface area contributed by atoms with Crippen LogP contribution in [0.2, 0.25) is 0 Å². The third-order valence-corrected chi connectivity index (χ3v) is 3.78. The van der Waals surface area contributed by atoms with Crippen molar-refractivity contribution in [2.75, 3.05) is 32.6 Å². The number of rotatable bonds is 9. The molecule has 1 aromatic rings. The highest BCUT2D eigenvalue weighted by Crippen LogP contribution is 2.24. The molecule has 1 aromatic carbocycles. The van der Waals surface area contributed by atoms with E-state index in [0.717, 1.165) is 31.9 Å². The second-order valence-corrected chi connectivity index (χ2v) is 5.34. The zero-order valence-corrected chi connectivity index (χ0v) is 12.1. The van der Waals surface area contributed by atoms with E-state index >= 15 is 0 Å². The first-order chi connectivity index (χ1) is 8.77. The predicted molar refractivity (Wildman–Crippen MR) is 77.2 cm³/mol. The van der Waals surface area contributed by atoms with Crippen LogP contribution in [0.1, 0.15) is 17.5 Å². The number of benzene rings is 1. The van der Waals surface area contributed by atoms with E-state index < -0.39 is 0 Å². The van der Waals surface area contributed by atoms with Gasteiger partial charge in [-0.3, -0.25) is 0 Å². The largest absolute Gasteiger partial charge is 0.396 e. The van der Waals surface area contributed by atoms with Gasteiger partial charge in [-0.05, 0) is 25.0 Å². The molecule has 0 saturated carbocycles. The molecule has 0 aromatic heterocycles. The van der Waals surface area contributed by atoms with E-state index in [1.807, 2.05) is 11.8 Å². The molecule has 18 heavy (non-hydrogen) atoms. The van der Waals surface area contributed by atoms with Crippen LogP contribution in [-0.2, 0) is 11.3 Å². The fourth-order valence-electron chi connectivity index (χ4n) is 1.63. The van der Waals surface area contributed by atoms with Gasteiger partial charge in [-0.2, -0.15) is 0 Å². The lowest BCUT2D eigenvalue weighted by Crippen LogP contribution is -2.19. The van der Waals surface area contributed by atoms with Crippen molar-refractivity contribution in [3.8, 4) is 0 Å². The summed E-state index contributed by atoms with van der Waals surface area (Å²) in [6, 6.07) is 6.53. The third kappa shape index (κ3) is 5.87. The number of hydrogen-bond acceptors (Lipinski definition) is 4. The van der Waals surface area contributed by atoms with Crippen molar-refractivity contribution >= 4 is 11.8 Å². The molecule has 0 aliphatic rings. The Morgan fingerprint density at radius 1 is 1.39 bits per heavy atom. The van der Waals surface area contributed by atoms with Crippen molar-refractivity contribution in [2.24, 2.45) is 0 Å². The van der Waals surface area contributed by atoms with Gasteiger partial charge < -0.3 is 15.2 Å². The van der Waals surface area contributed by atoms with Gasteiger partial charge in [0.15, 0.2) is 0 Å². The minimum Gasteiger partial charge on any atom is -0.396 e. The van der Waals surface area contributed by atoms with E-state index in [4.69, 9.17) is 9.84 Å². The van der Waals surface area contributed by atoms with E-state index in [0.29, 0.717) is 0 Å². The first-order valence-electron chi connectivity index (χ1n) is 6.30. The molecular weight excluding hydrogens is 246 g/mol. The molecular formula is C14H23NO2S. The normalized spacial score (nSPS) is 10.8. The molecule has 0 aliphatic carbocycles. The van der Waals surface area contributed by atoms with Crippen molar-refractivity contribution in [3.63, 3.8) is 0 Å². The topological polar surface area (TPSA) is 41.5 Å². The van der Waals surface area contributed by atoms with Crippen LogP contribution in [0.4, 0.5) is 0 Å². The fraction of sp³-hybridized carbons (Fsp3) is 0.571. The molecule has 0 radical (unpaired) electrons. The highest BCUT2D eigenvalue weighted by atomic mass is 32.2. The molecule has 0 bridgehead atoms. The molecule has 0 heterocycles. The number of nitrogens with one attached hydrogen (secondary N) is 1. The lowest BCUT2D eigenvalue weighted by atomic mass is 10.1. The quantitative estimate of drug-likeness (QED) is 0.533. The zero-order valence-electron chi connectivity index (χ0n) is 11.2. The first kappa shape index (κ1) is 15.5. The van der Waals surface area contributed by atoms with Crippen molar-refractivity contribution in [1.82, 2.24) is 5.32 Å². The van der Waals surface area contributed by atoms with Gasteiger partial charge >= 0.3 is 0 Å². The van der Waals surface area contributed by atoms with Crippen molar-refractivity contribution in [1.29, 1.82) is 0 Å². The van der Waals surface area contributed by atoms with E-state index in [1.165, 1.54) is 16.0 Å². The average Bonchev–Trinajstić information content (AvgIpc) is 2.37. The molecule has 0 amide bonds. The lowest BCUT2D eigenvalue weighted by molar-refractivity contribution is 0.199. The summed E-state index contributed by atoms with van der Waals surface area (Å²) in [5.74, 6) is 0.963. The van der Waals surface area contributed by atoms with Crippen molar-refractivity contribution in [2.45, 2.75) is 24.8 Å². The number of methoxy groups -OCH3 is 1. The van der Waals surface area contributed by atoms with Gasteiger partial charge in [-0.15, -0.1) is 11.8 Å². The van der Waals surface area contributed by atoms with Gasteiger partial charge in [0.1, 0.15) is 0 Å². The van der Waals surface area contributed by atoms with E-state index in [2.05, 4.69) is 30.4 Å². The molecule has 4 heteroatoms. The lowest BCUT2D eigenvalue weighted by Gasteiger charge is -2.11. The fourth-order valence-corrected chi connectivity index (χ4v) is 2.61. The van der Waals surface area contributed by atoms with Crippen LogP contribution in [0.5, 0.6) is 0 Å². The summed E-state index contributed by atoms with van der Waals surface area (Å²) >= 11 is 1.81. The molecule has 102 valence electrons. The molecule has 1 rings (SSSR count). The van der Waals surface area contributed by atoms with E-state index in [9.17, 15) is 0 Å². The van der Waals surface area contributed by atoms with Gasteiger partial charge in [0.2, 0.25) is 0 Å². The number of thioether (sulfide) groups is 1. The Labute approximate surface area is 114 Å². The molecule has 2 N–H and O–H groups in total. The third-order valence-electron chi connectivity index (χ3n) is 2.57. The first-order valence-corrected chi connectivity index (χ1v) is 7.29. The molecule has 0 fully saturated rings. The van der Waals surface area contributed by atoms with Crippen LogP contribution >= 0.6 is 11.8 Å². The summed E-state index contributed by atoms with van der Waals surface area (Å²) < 4.78 is 5.02. The minimum absolute atomic E-state index is 0.264. The molecule has 0 saturated heterocycles. The van der Waals surface area contributed by atoms with Gasteiger partial charge in [-0.25, -0.2) is 0 Å². The van der Waals surface area contributed by atoms with Crippen LogP contribution in [0.15, 0.2) is 23.1 Å².